The second kappa shape index (κ2) is 9.90. The van der Waals surface area contributed by atoms with Gasteiger partial charge in [-0.05, 0) is 42.5 Å². The normalized spacial score (nSPS) is 11.8. The molecule has 4 N–H and O–H groups in total. The third-order valence-corrected chi connectivity index (χ3v) is 4.46. The molecule has 2 aromatic carbocycles. The quantitative estimate of drug-likeness (QED) is 0.158. The van der Waals surface area contributed by atoms with E-state index < -0.39 is 26.8 Å². The van der Waals surface area contributed by atoms with Crippen LogP contribution in [0.2, 0.25) is 0 Å². The maximum absolute atomic E-state index is 12.4. The highest BCUT2D eigenvalue weighted by Crippen LogP contribution is 2.29. The Kier molecular flexibility index (Phi) is 7.79. The van der Waals surface area contributed by atoms with Crippen LogP contribution in [0, 0.1) is 10.1 Å². The largest absolute Gasteiger partial charge is 0.478 e. The number of alkyl halides is 3. The fourth-order valence-corrected chi connectivity index (χ4v) is 2.73. The van der Waals surface area contributed by atoms with Crippen LogP contribution in [-0.4, -0.2) is 37.0 Å². The summed E-state index contributed by atoms with van der Waals surface area (Å²) in [5.74, 6) is -1.82. The van der Waals surface area contributed by atoms with Crippen molar-refractivity contribution in [1.29, 1.82) is 0 Å². The molecule has 1 atom stereocenters. The highest BCUT2D eigenvalue weighted by atomic mass is 35.6. The van der Waals surface area contributed by atoms with E-state index in [0.29, 0.717) is 5.69 Å². The molecule has 0 radical (unpaired) electrons. The van der Waals surface area contributed by atoms with Crippen LogP contribution < -0.4 is 16.0 Å². The van der Waals surface area contributed by atoms with Gasteiger partial charge in [-0.1, -0.05) is 40.9 Å². The minimum absolute atomic E-state index is 0.0200. The molecule has 1 amide bonds. The monoisotopic (exact) mass is 490 g/mol. The maximum atomic E-state index is 12.4. The number of carbonyl (C=O) groups excluding carboxylic acids is 1. The van der Waals surface area contributed by atoms with Crippen molar-refractivity contribution in [1.82, 2.24) is 10.6 Å². The predicted octanol–water partition coefficient (Wildman–Crippen LogP) is 3.71. The Morgan fingerprint density at radius 2 is 1.70 bits per heavy atom. The van der Waals surface area contributed by atoms with Crippen LogP contribution in [0.25, 0.3) is 0 Å². The number of non-ortho nitro benzene ring substituents is 1. The van der Waals surface area contributed by atoms with Gasteiger partial charge in [0.15, 0.2) is 5.11 Å². The van der Waals surface area contributed by atoms with E-state index in [1.165, 1.54) is 42.5 Å². The van der Waals surface area contributed by atoms with Crippen molar-refractivity contribution < 1.29 is 19.6 Å². The van der Waals surface area contributed by atoms with Crippen molar-refractivity contribution in [3.63, 3.8) is 0 Å². The van der Waals surface area contributed by atoms with E-state index in [9.17, 15) is 19.7 Å². The van der Waals surface area contributed by atoms with E-state index in [1.54, 1.807) is 0 Å². The van der Waals surface area contributed by atoms with Crippen LogP contribution in [-0.2, 0) is 0 Å². The number of aromatic carboxylic acids is 1. The number of rotatable bonds is 6. The molecule has 2 aromatic rings. The molecule has 0 saturated carbocycles. The topological polar surface area (TPSA) is 134 Å². The first-order chi connectivity index (χ1) is 14.0. The number of nitro groups is 1. The number of halogens is 3. The molecule has 0 aliphatic heterocycles. The summed E-state index contributed by atoms with van der Waals surface area (Å²) in [5.41, 5.74) is 0.241. The van der Waals surface area contributed by atoms with Gasteiger partial charge < -0.3 is 21.1 Å². The number of hydrogen-bond acceptors (Lipinski definition) is 5. The van der Waals surface area contributed by atoms with Gasteiger partial charge in [0, 0.05) is 23.4 Å². The van der Waals surface area contributed by atoms with Gasteiger partial charge in [0.1, 0.15) is 6.17 Å². The molecular weight excluding hydrogens is 479 g/mol. The molecule has 13 heteroatoms. The number of carboxylic acids is 1. The van der Waals surface area contributed by atoms with Gasteiger partial charge in [-0.15, -0.1) is 0 Å². The molecule has 30 heavy (non-hydrogen) atoms. The van der Waals surface area contributed by atoms with Crippen molar-refractivity contribution in [2.75, 3.05) is 5.32 Å². The lowest BCUT2D eigenvalue weighted by Crippen LogP contribution is -2.56. The summed E-state index contributed by atoms with van der Waals surface area (Å²) in [6.45, 7) is 0. The number of carboxylic acid groups (broad SMARTS) is 1. The van der Waals surface area contributed by atoms with Crippen LogP contribution in [0.4, 0.5) is 11.4 Å². The van der Waals surface area contributed by atoms with Gasteiger partial charge in [-0.2, -0.15) is 0 Å². The highest BCUT2D eigenvalue weighted by Gasteiger charge is 2.35. The zero-order valence-electron chi connectivity index (χ0n) is 14.8. The summed E-state index contributed by atoms with van der Waals surface area (Å²) in [4.78, 5) is 33.6. The number of nitrogens with one attached hydrogen (secondary N) is 3. The first-order valence-corrected chi connectivity index (χ1v) is 9.54. The van der Waals surface area contributed by atoms with Gasteiger partial charge in [-0.25, -0.2) is 4.79 Å². The molecule has 0 aromatic heterocycles. The maximum Gasteiger partial charge on any atom is 0.335 e. The minimum Gasteiger partial charge on any atom is -0.478 e. The Bertz CT molecular complexity index is 982. The van der Waals surface area contributed by atoms with Gasteiger partial charge in [0.25, 0.3) is 11.6 Å². The Morgan fingerprint density at radius 3 is 2.23 bits per heavy atom. The van der Waals surface area contributed by atoms with E-state index in [4.69, 9.17) is 52.1 Å². The van der Waals surface area contributed by atoms with Gasteiger partial charge >= 0.3 is 5.97 Å². The summed E-state index contributed by atoms with van der Waals surface area (Å²) < 4.78 is -2.03. The molecular formula is C17H13Cl3N4O5S. The van der Waals surface area contributed by atoms with E-state index in [-0.39, 0.29) is 21.9 Å². The van der Waals surface area contributed by atoms with Crippen LogP contribution in [0.3, 0.4) is 0 Å². The molecule has 0 aliphatic carbocycles. The molecule has 9 nitrogen and oxygen atoms in total. The van der Waals surface area contributed by atoms with Gasteiger partial charge in [0.05, 0.1) is 10.5 Å². The lowest BCUT2D eigenvalue weighted by atomic mass is 10.2. The molecule has 0 unspecified atom stereocenters. The van der Waals surface area contributed by atoms with Crippen molar-refractivity contribution in [3.8, 4) is 0 Å². The predicted molar refractivity (Wildman–Crippen MR) is 117 cm³/mol. The second-order valence-corrected chi connectivity index (χ2v) is 8.51. The Morgan fingerprint density at radius 1 is 1.07 bits per heavy atom. The Hall–Kier alpha value is -2.66. The number of nitrogens with zero attached hydrogens (tertiary/aromatic N) is 1. The van der Waals surface area contributed by atoms with Crippen LogP contribution in [0.15, 0.2) is 48.5 Å². The summed E-state index contributed by atoms with van der Waals surface area (Å²) in [6.07, 6.45) is -1.30. The van der Waals surface area contributed by atoms with Gasteiger partial charge in [-0.3, -0.25) is 14.9 Å². The van der Waals surface area contributed by atoms with E-state index in [2.05, 4.69) is 16.0 Å². The van der Waals surface area contributed by atoms with Crippen molar-refractivity contribution >= 4 is 75.4 Å². The second-order valence-electron chi connectivity index (χ2n) is 5.74. The standard InChI is InChI=1S/C17H13Cl3N4O5S/c18-17(19,20)15(22-13(25)10-2-1-3-12(8-10)24(28)29)23-16(30)21-11-6-4-9(5-7-11)14(26)27/h1-8,15H,(H,22,25)(H,26,27)(H2,21,23,30)/t15-/m1/s1. The third-order valence-electron chi connectivity index (χ3n) is 3.59. The minimum atomic E-state index is -2.03. The van der Waals surface area contributed by atoms with Crippen LogP contribution in [0.5, 0.6) is 0 Å². The Balaban J connectivity index is 2.09. The molecule has 0 heterocycles. The first-order valence-electron chi connectivity index (χ1n) is 8.00. The zero-order chi connectivity index (χ0) is 22.5. The number of nitro benzene ring substituents is 1. The van der Waals surface area contributed by atoms with Crippen molar-refractivity contribution in [2.45, 2.75) is 9.96 Å². The Labute approximate surface area is 190 Å². The number of carbonyl (C=O) groups is 2. The number of thiocarbonyl (C=S) groups is 1. The fourth-order valence-electron chi connectivity index (χ4n) is 2.17. The summed E-state index contributed by atoms with van der Waals surface area (Å²) in [6, 6.07) is 10.7. The van der Waals surface area contributed by atoms with E-state index in [0.717, 1.165) is 6.07 Å². The lowest BCUT2D eigenvalue weighted by Gasteiger charge is -2.27. The fraction of sp³-hybridized carbons (Fsp3) is 0.118. The summed E-state index contributed by atoms with van der Waals surface area (Å²) in [7, 11) is 0. The first kappa shape index (κ1) is 23.6. The number of hydrogen-bond donors (Lipinski definition) is 4. The lowest BCUT2D eigenvalue weighted by molar-refractivity contribution is -0.384. The summed E-state index contributed by atoms with van der Waals surface area (Å²) in [5, 5.41) is 27.5. The summed E-state index contributed by atoms with van der Waals surface area (Å²) >= 11 is 22.9. The van der Waals surface area contributed by atoms with E-state index in [1.807, 2.05) is 0 Å². The van der Waals surface area contributed by atoms with E-state index >= 15 is 0 Å². The zero-order valence-corrected chi connectivity index (χ0v) is 17.8. The molecule has 0 bridgehead atoms. The molecule has 158 valence electrons. The van der Waals surface area contributed by atoms with Crippen LogP contribution >= 0.6 is 47.0 Å². The average molecular weight is 492 g/mol. The molecule has 0 fully saturated rings. The number of amides is 1. The SMILES string of the molecule is O=C(O)c1ccc(NC(=S)N[C@@H](NC(=O)c2cccc([N+](=O)[O-])c2)C(Cl)(Cl)Cl)cc1. The van der Waals surface area contributed by atoms with Crippen molar-refractivity contribution in [3.05, 3.63) is 69.8 Å². The molecule has 2 rings (SSSR count). The third kappa shape index (κ3) is 6.70. The highest BCUT2D eigenvalue weighted by molar-refractivity contribution is 7.80. The number of anilines is 1. The van der Waals surface area contributed by atoms with Gasteiger partial charge in [0.2, 0.25) is 3.79 Å². The average Bonchev–Trinajstić information content (AvgIpc) is 2.67. The molecule has 0 aliphatic rings. The molecule has 0 spiro atoms. The van der Waals surface area contributed by atoms with Crippen LogP contribution in [0.1, 0.15) is 20.7 Å². The molecule has 0 saturated heterocycles. The van der Waals surface area contributed by atoms with Crippen molar-refractivity contribution in [2.24, 2.45) is 0 Å². The smallest absolute Gasteiger partial charge is 0.335 e. The number of benzene rings is 2.